The SMILES string of the molecule is Cc1noc(-c2ccccc2)c1B(O)O. The van der Waals surface area contributed by atoms with Crippen molar-refractivity contribution in [2.75, 3.05) is 0 Å². The van der Waals surface area contributed by atoms with Crippen LogP contribution in [0.3, 0.4) is 0 Å². The highest BCUT2D eigenvalue weighted by Crippen LogP contribution is 2.17. The molecule has 1 heterocycles. The Morgan fingerprint density at radius 2 is 1.87 bits per heavy atom. The largest absolute Gasteiger partial charge is 0.494 e. The van der Waals surface area contributed by atoms with Gasteiger partial charge in [-0.25, -0.2) is 0 Å². The van der Waals surface area contributed by atoms with Gasteiger partial charge in [0, 0.05) is 5.56 Å². The van der Waals surface area contributed by atoms with Crippen LogP contribution in [-0.2, 0) is 0 Å². The van der Waals surface area contributed by atoms with Gasteiger partial charge in [0.15, 0.2) is 5.76 Å². The number of nitrogens with zero attached hydrogens (tertiary/aromatic N) is 1. The molecule has 0 atom stereocenters. The highest BCUT2D eigenvalue weighted by atomic mass is 16.5. The zero-order valence-corrected chi connectivity index (χ0v) is 8.21. The minimum atomic E-state index is -1.56. The van der Waals surface area contributed by atoms with Crippen LogP contribution in [0.1, 0.15) is 5.69 Å². The zero-order chi connectivity index (χ0) is 10.8. The van der Waals surface area contributed by atoms with Crippen LogP contribution in [0.5, 0.6) is 0 Å². The summed E-state index contributed by atoms with van der Waals surface area (Å²) in [4.78, 5) is 0. The Labute approximate surface area is 87.3 Å². The summed E-state index contributed by atoms with van der Waals surface area (Å²) in [7, 11) is -1.56. The maximum Gasteiger partial charge on any atom is 0.494 e. The number of aryl methyl sites for hydroxylation is 1. The van der Waals surface area contributed by atoms with Crippen LogP contribution in [0.4, 0.5) is 0 Å². The molecule has 0 aliphatic rings. The first-order valence-electron chi connectivity index (χ1n) is 4.58. The minimum absolute atomic E-state index is 0.321. The topological polar surface area (TPSA) is 66.5 Å². The van der Waals surface area contributed by atoms with Gasteiger partial charge in [-0.2, -0.15) is 0 Å². The lowest BCUT2D eigenvalue weighted by molar-refractivity contribution is 0.421. The van der Waals surface area contributed by atoms with E-state index in [1.165, 1.54) is 0 Å². The molecule has 0 radical (unpaired) electrons. The second kappa shape index (κ2) is 3.88. The molecule has 0 unspecified atom stereocenters. The first kappa shape index (κ1) is 9.95. The number of rotatable bonds is 2. The maximum absolute atomic E-state index is 9.19. The van der Waals surface area contributed by atoms with Crippen molar-refractivity contribution in [2.24, 2.45) is 0 Å². The van der Waals surface area contributed by atoms with Crippen molar-refractivity contribution in [3.05, 3.63) is 36.0 Å². The van der Waals surface area contributed by atoms with E-state index in [-0.39, 0.29) is 0 Å². The summed E-state index contributed by atoms with van der Waals surface area (Å²) < 4.78 is 5.07. The van der Waals surface area contributed by atoms with Crippen LogP contribution < -0.4 is 5.46 Å². The molecule has 0 bridgehead atoms. The highest BCUT2D eigenvalue weighted by molar-refractivity contribution is 6.60. The first-order chi connectivity index (χ1) is 7.20. The van der Waals surface area contributed by atoms with Gasteiger partial charge >= 0.3 is 7.12 Å². The van der Waals surface area contributed by atoms with Gasteiger partial charge in [0.2, 0.25) is 0 Å². The van der Waals surface area contributed by atoms with Crippen LogP contribution >= 0.6 is 0 Å². The van der Waals surface area contributed by atoms with E-state index in [0.717, 1.165) is 5.56 Å². The Morgan fingerprint density at radius 3 is 2.47 bits per heavy atom. The van der Waals surface area contributed by atoms with Crippen molar-refractivity contribution < 1.29 is 14.6 Å². The molecule has 0 spiro atoms. The molecule has 0 amide bonds. The van der Waals surface area contributed by atoms with Crippen molar-refractivity contribution in [2.45, 2.75) is 6.92 Å². The molecule has 1 aromatic carbocycles. The molecular weight excluding hydrogens is 193 g/mol. The average molecular weight is 203 g/mol. The molecule has 15 heavy (non-hydrogen) atoms. The molecule has 0 saturated carbocycles. The molecule has 0 fully saturated rings. The van der Waals surface area contributed by atoms with Gasteiger partial charge < -0.3 is 14.6 Å². The normalized spacial score (nSPS) is 10.3. The summed E-state index contributed by atoms with van der Waals surface area (Å²) in [6, 6.07) is 9.22. The van der Waals surface area contributed by atoms with Crippen LogP contribution in [-0.4, -0.2) is 22.3 Å². The van der Waals surface area contributed by atoms with Crippen LogP contribution in [0.15, 0.2) is 34.9 Å². The van der Waals surface area contributed by atoms with E-state index in [0.29, 0.717) is 16.9 Å². The fraction of sp³-hybridized carbons (Fsp3) is 0.100. The monoisotopic (exact) mass is 203 g/mol. The van der Waals surface area contributed by atoms with Crippen molar-refractivity contribution in [3.8, 4) is 11.3 Å². The molecule has 0 aliphatic heterocycles. The molecule has 2 aromatic rings. The Hall–Kier alpha value is -1.59. The lowest BCUT2D eigenvalue weighted by atomic mass is 9.77. The fourth-order valence-electron chi connectivity index (χ4n) is 1.48. The third-order valence-electron chi connectivity index (χ3n) is 2.20. The lowest BCUT2D eigenvalue weighted by Crippen LogP contribution is -2.32. The standard InChI is InChI=1S/C10H10BNO3/c1-7-9(11(13)14)10(15-12-7)8-5-3-2-4-6-8/h2-6,13-14H,1H3. The third-order valence-corrected chi connectivity index (χ3v) is 2.20. The van der Waals surface area contributed by atoms with Crippen molar-refractivity contribution >= 4 is 12.6 Å². The van der Waals surface area contributed by atoms with Gasteiger partial charge in [-0.15, -0.1) is 0 Å². The van der Waals surface area contributed by atoms with Gasteiger partial charge in [-0.3, -0.25) is 0 Å². The van der Waals surface area contributed by atoms with Crippen LogP contribution in [0.25, 0.3) is 11.3 Å². The molecule has 1 aromatic heterocycles. The zero-order valence-electron chi connectivity index (χ0n) is 8.21. The molecule has 0 saturated heterocycles. The molecular formula is C10H10BNO3. The first-order valence-corrected chi connectivity index (χ1v) is 4.58. The predicted octanol–water partition coefficient (Wildman–Crippen LogP) is 0.330. The smallest absolute Gasteiger partial charge is 0.423 e. The second-order valence-corrected chi connectivity index (χ2v) is 3.25. The summed E-state index contributed by atoms with van der Waals surface area (Å²) in [5.74, 6) is 0.406. The van der Waals surface area contributed by atoms with E-state index < -0.39 is 7.12 Å². The Bertz CT molecular complexity index is 453. The number of hydrogen-bond donors (Lipinski definition) is 2. The Morgan fingerprint density at radius 1 is 1.20 bits per heavy atom. The average Bonchev–Trinajstić information content (AvgIpc) is 2.61. The molecule has 5 heteroatoms. The summed E-state index contributed by atoms with van der Waals surface area (Å²) in [6.07, 6.45) is 0. The molecule has 2 N–H and O–H groups in total. The van der Waals surface area contributed by atoms with E-state index in [1.54, 1.807) is 6.92 Å². The molecule has 2 rings (SSSR count). The number of aromatic nitrogens is 1. The van der Waals surface area contributed by atoms with E-state index in [2.05, 4.69) is 5.16 Å². The Balaban J connectivity index is 2.54. The van der Waals surface area contributed by atoms with Crippen molar-refractivity contribution in [1.29, 1.82) is 0 Å². The van der Waals surface area contributed by atoms with Crippen molar-refractivity contribution in [1.82, 2.24) is 5.16 Å². The molecule has 0 aliphatic carbocycles. The van der Waals surface area contributed by atoms with E-state index in [9.17, 15) is 10.0 Å². The third kappa shape index (κ3) is 1.79. The number of benzene rings is 1. The van der Waals surface area contributed by atoms with Gasteiger partial charge in [-0.1, -0.05) is 35.5 Å². The molecule has 76 valence electrons. The summed E-state index contributed by atoms with van der Waals surface area (Å²) in [5, 5.41) is 22.1. The van der Waals surface area contributed by atoms with Gasteiger partial charge in [-0.05, 0) is 6.92 Å². The number of hydrogen-bond acceptors (Lipinski definition) is 4. The van der Waals surface area contributed by atoms with Gasteiger partial charge in [0.25, 0.3) is 0 Å². The second-order valence-electron chi connectivity index (χ2n) is 3.25. The van der Waals surface area contributed by atoms with Gasteiger partial charge in [0.1, 0.15) is 0 Å². The van der Waals surface area contributed by atoms with Crippen LogP contribution in [0.2, 0.25) is 0 Å². The summed E-state index contributed by atoms with van der Waals surface area (Å²) in [5.41, 5.74) is 1.59. The maximum atomic E-state index is 9.19. The minimum Gasteiger partial charge on any atom is -0.423 e. The predicted molar refractivity (Wildman–Crippen MR) is 56.5 cm³/mol. The van der Waals surface area contributed by atoms with E-state index >= 15 is 0 Å². The van der Waals surface area contributed by atoms with E-state index in [4.69, 9.17) is 4.52 Å². The highest BCUT2D eigenvalue weighted by Gasteiger charge is 2.24. The summed E-state index contributed by atoms with van der Waals surface area (Å²) >= 11 is 0. The van der Waals surface area contributed by atoms with E-state index in [1.807, 2.05) is 30.3 Å². The van der Waals surface area contributed by atoms with Crippen molar-refractivity contribution in [3.63, 3.8) is 0 Å². The van der Waals surface area contributed by atoms with Crippen LogP contribution in [0, 0.1) is 6.92 Å². The fourth-order valence-corrected chi connectivity index (χ4v) is 1.48. The van der Waals surface area contributed by atoms with Gasteiger partial charge in [0.05, 0.1) is 11.2 Å². The lowest BCUT2D eigenvalue weighted by Gasteiger charge is -2.00. The quantitative estimate of drug-likeness (QED) is 0.690. The Kier molecular flexibility index (Phi) is 2.57. The molecule has 4 nitrogen and oxygen atoms in total. The summed E-state index contributed by atoms with van der Waals surface area (Å²) in [6.45, 7) is 1.67.